The molecule has 0 atom stereocenters. The van der Waals surface area contributed by atoms with Crippen LogP contribution < -0.4 is 5.32 Å². The fraction of sp³-hybridized carbons (Fsp3) is 0.0769. The summed E-state index contributed by atoms with van der Waals surface area (Å²) < 4.78 is 13.7. The predicted molar refractivity (Wildman–Crippen MR) is 74.5 cm³/mol. The Labute approximate surface area is 117 Å². The maximum atomic E-state index is 13.3. The molecule has 0 unspecified atom stereocenters. The van der Waals surface area contributed by atoms with Crippen LogP contribution in [0.3, 0.4) is 0 Å². The van der Waals surface area contributed by atoms with Gasteiger partial charge in [0.15, 0.2) is 0 Å². The van der Waals surface area contributed by atoms with E-state index in [1.54, 1.807) is 24.3 Å². The first-order valence-corrected chi connectivity index (χ1v) is 6.28. The van der Waals surface area contributed by atoms with Crippen LogP contribution in [0, 0.1) is 15.9 Å². The third-order valence-electron chi connectivity index (χ3n) is 2.56. The van der Waals surface area contributed by atoms with E-state index in [0.717, 1.165) is 11.3 Å². The van der Waals surface area contributed by atoms with Gasteiger partial charge in [0.1, 0.15) is 5.82 Å². The van der Waals surface area contributed by atoms with Gasteiger partial charge in [-0.3, -0.25) is 10.1 Å². The second-order valence-electron chi connectivity index (χ2n) is 3.91. The maximum absolute atomic E-state index is 13.3. The van der Waals surface area contributed by atoms with E-state index in [1.807, 2.05) is 0 Å². The van der Waals surface area contributed by atoms with Gasteiger partial charge in [0.2, 0.25) is 0 Å². The van der Waals surface area contributed by atoms with Crippen molar-refractivity contribution in [1.82, 2.24) is 0 Å². The minimum atomic E-state index is -0.451. The summed E-state index contributed by atoms with van der Waals surface area (Å²) >= 11 is 3.09. The molecular formula is C13H10BrFN2O2. The van der Waals surface area contributed by atoms with Crippen molar-refractivity contribution in [2.75, 3.05) is 5.32 Å². The molecule has 0 aliphatic carbocycles. The molecule has 2 aromatic rings. The summed E-state index contributed by atoms with van der Waals surface area (Å²) in [4.78, 5) is 10.0. The molecule has 1 N–H and O–H groups in total. The van der Waals surface area contributed by atoms with Crippen LogP contribution in [0.4, 0.5) is 15.8 Å². The summed E-state index contributed by atoms with van der Waals surface area (Å²) in [5.74, 6) is -0.317. The summed E-state index contributed by atoms with van der Waals surface area (Å²) in [6, 6.07) is 11.0. The number of benzene rings is 2. The molecule has 0 spiro atoms. The van der Waals surface area contributed by atoms with Crippen molar-refractivity contribution in [3.05, 3.63) is 68.4 Å². The molecule has 98 valence electrons. The largest absolute Gasteiger partial charge is 0.381 e. The van der Waals surface area contributed by atoms with E-state index in [-0.39, 0.29) is 11.5 Å². The van der Waals surface area contributed by atoms with Gasteiger partial charge in [-0.2, -0.15) is 0 Å². The molecule has 0 saturated carbocycles. The lowest BCUT2D eigenvalue weighted by Crippen LogP contribution is -2.00. The fourth-order valence-corrected chi connectivity index (χ4v) is 1.80. The molecule has 0 heterocycles. The number of nitrogens with one attached hydrogen (secondary N) is 1. The monoisotopic (exact) mass is 324 g/mol. The number of hydrogen-bond acceptors (Lipinski definition) is 3. The molecule has 0 radical (unpaired) electrons. The fourth-order valence-electron chi connectivity index (χ4n) is 1.55. The standard InChI is InChI=1S/C13H10BrFN2O2/c14-12-6-1-9(7-13(12)15)8-16-10-2-4-11(5-3-10)17(18)19/h1-7,16H,8H2. The highest BCUT2D eigenvalue weighted by Crippen LogP contribution is 2.19. The molecule has 6 heteroatoms. The zero-order valence-corrected chi connectivity index (χ0v) is 11.4. The lowest BCUT2D eigenvalue weighted by molar-refractivity contribution is -0.384. The highest BCUT2D eigenvalue weighted by molar-refractivity contribution is 9.10. The molecule has 0 fully saturated rings. The second kappa shape index (κ2) is 5.79. The number of nitro benzene ring substituents is 1. The smallest absolute Gasteiger partial charge is 0.269 e. The first-order valence-electron chi connectivity index (χ1n) is 5.48. The predicted octanol–water partition coefficient (Wildman–Crippen LogP) is 4.11. The van der Waals surface area contributed by atoms with Crippen LogP contribution in [0.2, 0.25) is 0 Å². The molecule has 2 rings (SSSR count). The third-order valence-corrected chi connectivity index (χ3v) is 3.20. The molecule has 0 saturated heterocycles. The van der Waals surface area contributed by atoms with Gasteiger partial charge in [0, 0.05) is 24.4 Å². The molecule has 0 bridgehead atoms. The average Bonchev–Trinajstić information content (AvgIpc) is 2.40. The van der Waals surface area contributed by atoms with Crippen molar-refractivity contribution in [1.29, 1.82) is 0 Å². The van der Waals surface area contributed by atoms with Gasteiger partial charge in [-0.25, -0.2) is 4.39 Å². The summed E-state index contributed by atoms with van der Waals surface area (Å²) in [5.41, 5.74) is 1.58. The number of rotatable bonds is 4. The molecule has 0 aliphatic heterocycles. The van der Waals surface area contributed by atoms with Crippen molar-refractivity contribution in [3.8, 4) is 0 Å². The molecule has 2 aromatic carbocycles. The van der Waals surface area contributed by atoms with Crippen molar-refractivity contribution < 1.29 is 9.31 Å². The van der Waals surface area contributed by atoms with Gasteiger partial charge in [-0.1, -0.05) is 6.07 Å². The number of hydrogen-bond donors (Lipinski definition) is 1. The lowest BCUT2D eigenvalue weighted by atomic mass is 10.2. The van der Waals surface area contributed by atoms with Gasteiger partial charge >= 0.3 is 0 Å². The van der Waals surface area contributed by atoms with E-state index < -0.39 is 4.92 Å². The minimum absolute atomic E-state index is 0.0419. The van der Waals surface area contributed by atoms with Crippen molar-refractivity contribution in [2.24, 2.45) is 0 Å². The number of nitro groups is 1. The minimum Gasteiger partial charge on any atom is -0.381 e. The summed E-state index contributed by atoms with van der Waals surface area (Å²) in [5, 5.41) is 13.6. The molecule has 0 aromatic heterocycles. The normalized spacial score (nSPS) is 10.2. The van der Waals surface area contributed by atoms with Gasteiger partial charge in [0.05, 0.1) is 9.40 Å². The summed E-state index contributed by atoms with van der Waals surface area (Å²) in [6.07, 6.45) is 0. The summed E-state index contributed by atoms with van der Waals surface area (Å²) in [7, 11) is 0. The number of non-ortho nitro benzene ring substituents is 1. The van der Waals surface area contributed by atoms with Crippen molar-refractivity contribution in [3.63, 3.8) is 0 Å². The number of halogens is 2. The zero-order valence-electron chi connectivity index (χ0n) is 9.77. The molecule has 4 nitrogen and oxygen atoms in total. The Hall–Kier alpha value is -1.95. The van der Waals surface area contributed by atoms with Crippen LogP contribution in [-0.4, -0.2) is 4.92 Å². The van der Waals surface area contributed by atoms with Gasteiger partial charge in [0.25, 0.3) is 5.69 Å². The van der Waals surface area contributed by atoms with Gasteiger partial charge < -0.3 is 5.32 Å². The van der Waals surface area contributed by atoms with E-state index in [1.165, 1.54) is 18.2 Å². The van der Waals surface area contributed by atoms with Crippen molar-refractivity contribution in [2.45, 2.75) is 6.54 Å². The van der Waals surface area contributed by atoms with Crippen LogP contribution >= 0.6 is 15.9 Å². The van der Waals surface area contributed by atoms with Gasteiger partial charge in [-0.05, 0) is 45.8 Å². The third kappa shape index (κ3) is 3.51. The summed E-state index contributed by atoms with van der Waals surface area (Å²) in [6.45, 7) is 0.446. The van der Waals surface area contributed by atoms with Crippen LogP contribution in [-0.2, 0) is 6.54 Å². The average molecular weight is 325 g/mol. The quantitative estimate of drug-likeness (QED) is 0.680. The van der Waals surface area contributed by atoms with E-state index in [4.69, 9.17) is 0 Å². The molecule has 0 aliphatic rings. The molecule has 19 heavy (non-hydrogen) atoms. The van der Waals surface area contributed by atoms with Crippen LogP contribution in [0.15, 0.2) is 46.9 Å². The van der Waals surface area contributed by atoms with Gasteiger partial charge in [-0.15, -0.1) is 0 Å². The van der Waals surface area contributed by atoms with E-state index in [9.17, 15) is 14.5 Å². The zero-order chi connectivity index (χ0) is 13.8. The first-order chi connectivity index (χ1) is 9.06. The first kappa shape index (κ1) is 13.5. The topological polar surface area (TPSA) is 55.2 Å². The van der Waals surface area contributed by atoms with Crippen LogP contribution in [0.25, 0.3) is 0 Å². The number of nitrogens with zero attached hydrogens (tertiary/aromatic N) is 1. The maximum Gasteiger partial charge on any atom is 0.269 e. The van der Waals surface area contributed by atoms with E-state index >= 15 is 0 Å². The Bertz CT molecular complexity index is 602. The molecular weight excluding hydrogens is 315 g/mol. The highest BCUT2D eigenvalue weighted by Gasteiger charge is 2.04. The lowest BCUT2D eigenvalue weighted by Gasteiger charge is -2.07. The SMILES string of the molecule is O=[N+]([O-])c1ccc(NCc2ccc(Br)c(F)c2)cc1. The number of anilines is 1. The van der Waals surface area contributed by atoms with E-state index in [0.29, 0.717) is 11.0 Å². The van der Waals surface area contributed by atoms with E-state index in [2.05, 4.69) is 21.2 Å². The van der Waals surface area contributed by atoms with Crippen LogP contribution in [0.1, 0.15) is 5.56 Å². The Morgan fingerprint density at radius 2 is 1.89 bits per heavy atom. The Kier molecular flexibility index (Phi) is 4.11. The highest BCUT2D eigenvalue weighted by atomic mass is 79.9. The molecule has 0 amide bonds. The Morgan fingerprint density at radius 1 is 1.21 bits per heavy atom. The van der Waals surface area contributed by atoms with Crippen LogP contribution in [0.5, 0.6) is 0 Å². The Balaban J connectivity index is 2.01. The second-order valence-corrected chi connectivity index (χ2v) is 4.76. The van der Waals surface area contributed by atoms with Crippen molar-refractivity contribution >= 4 is 27.3 Å². The Morgan fingerprint density at radius 3 is 2.47 bits per heavy atom.